The van der Waals surface area contributed by atoms with Crippen molar-refractivity contribution in [3.63, 3.8) is 0 Å². The van der Waals surface area contributed by atoms with Gasteiger partial charge in [-0.3, -0.25) is 4.57 Å². The maximum Gasteiger partial charge on any atom is 0.325 e. The third-order valence-electron chi connectivity index (χ3n) is 4.61. The van der Waals surface area contributed by atoms with Gasteiger partial charge in [0.15, 0.2) is 0 Å². The van der Waals surface area contributed by atoms with Crippen LogP contribution in [0.4, 0.5) is 0 Å². The van der Waals surface area contributed by atoms with Gasteiger partial charge in [-0.2, -0.15) is 0 Å². The monoisotopic (exact) mass is 234 g/mol. The Hall–Kier alpha value is -0.990. The molecule has 3 rings (SSSR count). The molecule has 17 heavy (non-hydrogen) atoms. The van der Waals surface area contributed by atoms with E-state index in [2.05, 4.69) is 32.0 Å². The first kappa shape index (κ1) is 11.1. The van der Waals surface area contributed by atoms with Crippen LogP contribution in [0.3, 0.4) is 0 Å². The summed E-state index contributed by atoms with van der Waals surface area (Å²) in [5, 5.41) is 0. The van der Waals surface area contributed by atoms with Crippen molar-refractivity contribution in [3.05, 3.63) is 22.4 Å². The Morgan fingerprint density at radius 3 is 2.53 bits per heavy atom. The number of nitrogens with zero attached hydrogens (tertiary/aromatic N) is 1. The Kier molecular flexibility index (Phi) is 2.29. The molecule has 0 amide bonds. The second-order valence-corrected chi connectivity index (χ2v) is 6.87. The normalized spacial score (nSPS) is 32.3. The van der Waals surface area contributed by atoms with E-state index in [9.17, 15) is 4.79 Å². The van der Waals surface area contributed by atoms with Gasteiger partial charge >= 0.3 is 5.69 Å². The molecule has 1 heterocycles. The molecule has 0 aromatic carbocycles. The van der Waals surface area contributed by atoms with Gasteiger partial charge in [0.2, 0.25) is 0 Å². The molecule has 2 saturated carbocycles. The van der Waals surface area contributed by atoms with Gasteiger partial charge in [0.1, 0.15) is 0 Å². The van der Waals surface area contributed by atoms with Crippen LogP contribution in [0.2, 0.25) is 0 Å². The van der Waals surface area contributed by atoms with Crippen molar-refractivity contribution in [2.45, 2.75) is 57.9 Å². The topological polar surface area (TPSA) is 37.8 Å². The first-order chi connectivity index (χ1) is 7.95. The van der Waals surface area contributed by atoms with Crippen molar-refractivity contribution in [3.8, 4) is 0 Å². The van der Waals surface area contributed by atoms with Crippen LogP contribution in [-0.2, 0) is 5.41 Å². The molecule has 0 aliphatic heterocycles. The molecule has 2 bridgehead atoms. The molecule has 2 aliphatic carbocycles. The van der Waals surface area contributed by atoms with Gasteiger partial charge in [0.05, 0.1) is 0 Å². The van der Waals surface area contributed by atoms with E-state index < -0.39 is 0 Å². The van der Waals surface area contributed by atoms with Crippen molar-refractivity contribution in [1.29, 1.82) is 0 Å². The van der Waals surface area contributed by atoms with Gasteiger partial charge in [-0.25, -0.2) is 4.79 Å². The molecule has 2 aliphatic rings. The lowest BCUT2D eigenvalue weighted by atomic mass is 9.92. The van der Waals surface area contributed by atoms with E-state index in [0.717, 1.165) is 17.5 Å². The SMILES string of the molecule is CC(C)(C)c1cn([C@@H]2C[C@@H]3CCC2C3)c(=O)[nH]1. The molecule has 1 aromatic rings. The van der Waals surface area contributed by atoms with Crippen molar-refractivity contribution < 1.29 is 0 Å². The van der Waals surface area contributed by atoms with Crippen LogP contribution < -0.4 is 5.69 Å². The fourth-order valence-corrected chi connectivity index (χ4v) is 3.59. The predicted molar refractivity (Wildman–Crippen MR) is 68.2 cm³/mol. The van der Waals surface area contributed by atoms with Crippen LogP contribution in [0, 0.1) is 11.8 Å². The molecule has 1 unspecified atom stereocenters. The largest absolute Gasteiger partial charge is 0.325 e. The number of nitrogens with one attached hydrogen (secondary N) is 1. The number of hydrogen-bond donors (Lipinski definition) is 1. The van der Waals surface area contributed by atoms with Gasteiger partial charge in [0, 0.05) is 23.3 Å². The number of aromatic nitrogens is 2. The lowest BCUT2D eigenvalue weighted by Crippen LogP contribution is -2.25. The Balaban J connectivity index is 1.94. The first-order valence-electron chi connectivity index (χ1n) is 6.77. The summed E-state index contributed by atoms with van der Waals surface area (Å²) in [6.07, 6.45) is 7.32. The van der Waals surface area contributed by atoms with Crippen LogP contribution in [0.25, 0.3) is 0 Å². The van der Waals surface area contributed by atoms with E-state index in [-0.39, 0.29) is 11.1 Å². The Morgan fingerprint density at radius 1 is 1.29 bits per heavy atom. The molecular weight excluding hydrogens is 212 g/mol. The molecule has 0 radical (unpaired) electrons. The van der Waals surface area contributed by atoms with E-state index in [1.807, 2.05) is 4.57 Å². The highest BCUT2D eigenvalue weighted by Gasteiger charge is 2.41. The summed E-state index contributed by atoms with van der Waals surface area (Å²) in [5.74, 6) is 1.63. The second kappa shape index (κ2) is 3.50. The highest BCUT2D eigenvalue weighted by Crippen LogP contribution is 2.50. The number of aromatic amines is 1. The van der Waals surface area contributed by atoms with E-state index in [4.69, 9.17) is 0 Å². The zero-order valence-electron chi connectivity index (χ0n) is 11.0. The number of rotatable bonds is 1. The molecule has 0 saturated heterocycles. The fourth-order valence-electron chi connectivity index (χ4n) is 3.59. The van der Waals surface area contributed by atoms with Crippen molar-refractivity contribution in [2.75, 3.05) is 0 Å². The lowest BCUT2D eigenvalue weighted by molar-refractivity contribution is 0.323. The van der Waals surface area contributed by atoms with E-state index in [1.54, 1.807) is 0 Å². The van der Waals surface area contributed by atoms with E-state index >= 15 is 0 Å². The minimum atomic E-state index is 0.0298. The Morgan fingerprint density at radius 2 is 2.06 bits per heavy atom. The minimum Gasteiger partial charge on any atom is -0.309 e. The molecular formula is C14H22N2O. The second-order valence-electron chi connectivity index (χ2n) is 6.87. The molecule has 3 atom stereocenters. The molecule has 1 N–H and O–H groups in total. The fraction of sp³-hybridized carbons (Fsp3) is 0.786. The Bertz CT molecular complexity index is 477. The summed E-state index contributed by atoms with van der Waals surface area (Å²) in [4.78, 5) is 15.1. The summed E-state index contributed by atoms with van der Waals surface area (Å²) >= 11 is 0. The van der Waals surface area contributed by atoms with Gasteiger partial charge in [-0.15, -0.1) is 0 Å². The number of hydrogen-bond acceptors (Lipinski definition) is 1. The average molecular weight is 234 g/mol. The van der Waals surface area contributed by atoms with Gasteiger partial charge in [-0.05, 0) is 31.1 Å². The summed E-state index contributed by atoms with van der Waals surface area (Å²) in [6.45, 7) is 6.43. The van der Waals surface area contributed by atoms with Crippen LogP contribution in [0.5, 0.6) is 0 Å². The average Bonchev–Trinajstić information content (AvgIpc) is 2.88. The van der Waals surface area contributed by atoms with Crippen LogP contribution in [0.1, 0.15) is 58.2 Å². The first-order valence-corrected chi connectivity index (χ1v) is 6.77. The highest BCUT2D eigenvalue weighted by atomic mass is 16.1. The number of imidazole rings is 1. The summed E-state index contributed by atoms with van der Waals surface area (Å²) in [6, 6.07) is 0.466. The molecule has 0 spiro atoms. The lowest BCUT2D eigenvalue weighted by Gasteiger charge is -2.22. The Labute approximate surface area is 102 Å². The quantitative estimate of drug-likeness (QED) is 0.797. The van der Waals surface area contributed by atoms with Crippen LogP contribution in [0.15, 0.2) is 11.0 Å². The number of fused-ring (bicyclic) bond motifs is 2. The molecule has 3 nitrogen and oxygen atoms in total. The molecule has 3 heteroatoms. The maximum atomic E-state index is 12.1. The van der Waals surface area contributed by atoms with Crippen LogP contribution in [-0.4, -0.2) is 9.55 Å². The standard InChI is InChI=1S/C14H22N2O/c1-14(2,3)12-8-16(13(17)15-12)11-7-9-4-5-10(11)6-9/h8-11H,4-7H2,1-3H3,(H,15,17)/t9-,10?,11-/m1/s1. The zero-order chi connectivity index (χ0) is 12.2. The minimum absolute atomic E-state index is 0.0298. The number of H-pyrrole nitrogens is 1. The predicted octanol–water partition coefficient (Wildman–Crippen LogP) is 2.84. The summed E-state index contributed by atoms with van der Waals surface area (Å²) in [5.41, 5.74) is 1.18. The van der Waals surface area contributed by atoms with Gasteiger partial charge in [-0.1, -0.05) is 27.2 Å². The molecule has 2 fully saturated rings. The molecule has 94 valence electrons. The molecule has 1 aromatic heterocycles. The third-order valence-corrected chi connectivity index (χ3v) is 4.61. The smallest absolute Gasteiger partial charge is 0.309 e. The van der Waals surface area contributed by atoms with Crippen molar-refractivity contribution >= 4 is 0 Å². The summed E-state index contributed by atoms with van der Waals surface area (Å²) < 4.78 is 1.98. The maximum absolute atomic E-state index is 12.1. The van der Waals surface area contributed by atoms with Crippen LogP contribution >= 0.6 is 0 Å². The van der Waals surface area contributed by atoms with Crippen molar-refractivity contribution in [2.24, 2.45) is 11.8 Å². The van der Waals surface area contributed by atoms with Crippen molar-refractivity contribution in [1.82, 2.24) is 9.55 Å². The van der Waals surface area contributed by atoms with E-state index in [1.165, 1.54) is 25.7 Å². The van der Waals surface area contributed by atoms with Gasteiger partial charge in [0.25, 0.3) is 0 Å². The summed E-state index contributed by atoms with van der Waals surface area (Å²) in [7, 11) is 0. The third kappa shape index (κ3) is 1.76. The highest BCUT2D eigenvalue weighted by molar-refractivity contribution is 5.11. The van der Waals surface area contributed by atoms with E-state index in [0.29, 0.717) is 6.04 Å². The van der Waals surface area contributed by atoms with Gasteiger partial charge < -0.3 is 4.98 Å². The zero-order valence-corrected chi connectivity index (χ0v) is 11.0.